The Bertz CT molecular complexity index is 859. The molecule has 0 aliphatic carbocycles. The first-order valence-corrected chi connectivity index (χ1v) is 9.88. The van der Waals surface area contributed by atoms with E-state index in [1.54, 1.807) is 11.6 Å². The maximum atomic E-state index is 12.4. The van der Waals surface area contributed by atoms with E-state index >= 15 is 0 Å². The zero-order valence-corrected chi connectivity index (χ0v) is 16.9. The van der Waals surface area contributed by atoms with E-state index in [0.29, 0.717) is 12.5 Å². The SMILES string of the molecule is Cc1cc(N(C)C)nc(NCCNS(=O)(=O)c2cn(C)c(C(C)C)n2)n1. The van der Waals surface area contributed by atoms with Gasteiger partial charge in [-0.25, -0.2) is 23.1 Å². The highest BCUT2D eigenvalue weighted by molar-refractivity contribution is 7.89. The topological polar surface area (TPSA) is 105 Å². The first-order chi connectivity index (χ1) is 12.1. The Morgan fingerprint density at radius 1 is 1.19 bits per heavy atom. The summed E-state index contributed by atoms with van der Waals surface area (Å²) in [5.41, 5.74) is 0.835. The van der Waals surface area contributed by atoms with Gasteiger partial charge in [0, 0.05) is 58.1 Å². The van der Waals surface area contributed by atoms with E-state index in [1.165, 1.54) is 6.20 Å². The lowest BCUT2D eigenvalue weighted by molar-refractivity contribution is 0.579. The summed E-state index contributed by atoms with van der Waals surface area (Å²) in [6, 6.07) is 1.88. The van der Waals surface area contributed by atoms with Gasteiger partial charge in [-0.05, 0) is 6.92 Å². The molecule has 0 aromatic carbocycles. The summed E-state index contributed by atoms with van der Waals surface area (Å²) in [4.78, 5) is 14.8. The maximum absolute atomic E-state index is 12.4. The Balaban J connectivity index is 1.96. The van der Waals surface area contributed by atoms with Gasteiger partial charge >= 0.3 is 0 Å². The molecule has 2 aromatic heterocycles. The highest BCUT2D eigenvalue weighted by Crippen LogP contribution is 2.16. The number of imidazole rings is 1. The van der Waals surface area contributed by atoms with Crippen molar-refractivity contribution in [3.8, 4) is 0 Å². The zero-order chi connectivity index (χ0) is 19.5. The van der Waals surface area contributed by atoms with E-state index in [2.05, 4.69) is 25.0 Å². The van der Waals surface area contributed by atoms with Gasteiger partial charge in [-0.3, -0.25) is 0 Å². The molecule has 144 valence electrons. The molecule has 0 saturated heterocycles. The van der Waals surface area contributed by atoms with Crippen LogP contribution in [-0.4, -0.2) is 55.1 Å². The third-order valence-electron chi connectivity index (χ3n) is 3.68. The van der Waals surface area contributed by atoms with E-state index in [9.17, 15) is 8.42 Å². The van der Waals surface area contributed by atoms with Crippen LogP contribution in [0.5, 0.6) is 0 Å². The Morgan fingerprint density at radius 3 is 2.46 bits per heavy atom. The molecule has 0 aliphatic rings. The van der Waals surface area contributed by atoms with Gasteiger partial charge in [0.2, 0.25) is 5.95 Å². The molecule has 10 heteroatoms. The Hall–Kier alpha value is -2.20. The van der Waals surface area contributed by atoms with Crippen molar-refractivity contribution in [3.05, 3.63) is 23.8 Å². The fourth-order valence-electron chi connectivity index (χ4n) is 2.41. The number of anilines is 2. The van der Waals surface area contributed by atoms with Crippen LogP contribution in [0.25, 0.3) is 0 Å². The molecular formula is C16H27N7O2S. The molecule has 0 atom stereocenters. The predicted molar refractivity (Wildman–Crippen MR) is 102 cm³/mol. The van der Waals surface area contributed by atoms with Gasteiger partial charge in [-0.15, -0.1) is 0 Å². The molecule has 0 unspecified atom stereocenters. The van der Waals surface area contributed by atoms with Crippen molar-refractivity contribution in [2.45, 2.75) is 31.7 Å². The van der Waals surface area contributed by atoms with Crippen molar-refractivity contribution in [3.63, 3.8) is 0 Å². The molecule has 0 fully saturated rings. The molecular weight excluding hydrogens is 354 g/mol. The van der Waals surface area contributed by atoms with Crippen LogP contribution in [0.1, 0.15) is 31.3 Å². The summed E-state index contributed by atoms with van der Waals surface area (Å²) in [7, 11) is 1.94. The minimum Gasteiger partial charge on any atom is -0.363 e. The molecule has 2 heterocycles. The smallest absolute Gasteiger partial charge is 0.259 e. The average molecular weight is 382 g/mol. The summed E-state index contributed by atoms with van der Waals surface area (Å²) in [5.74, 6) is 2.13. The Morgan fingerprint density at radius 2 is 1.88 bits per heavy atom. The lowest BCUT2D eigenvalue weighted by atomic mass is 10.2. The van der Waals surface area contributed by atoms with Gasteiger partial charge in [0.25, 0.3) is 10.0 Å². The fourth-order valence-corrected chi connectivity index (χ4v) is 3.44. The van der Waals surface area contributed by atoms with Crippen LogP contribution in [0.3, 0.4) is 0 Å². The van der Waals surface area contributed by atoms with E-state index in [1.807, 2.05) is 45.8 Å². The first kappa shape index (κ1) is 20.1. The lowest BCUT2D eigenvalue weighted by Gasteiger charge is -2.13. The Kier molecular flexibility index (Phi) is 6.19. The lowest BCUT2D eigenvalue weighted by Crippen LogP contribution is -2.29. The van der Waals surface area contributed by atoms with Crippen LogP contribution in [-0.2, 0) is 17.1 Å². The molecule has 2 N–H and O–H groups in total. The van der Waals surface area contributed by atoms with Crippen LogP contribution in [0.4, 0.5) is 11.8 Å². The van der Waals surface area contributed by atoms with Crippen molar-refractivity contribution in [1.29, 1.82) is 0 Å². The summed E-state index contributed by atoms with van der Waals surface area (Å²) < 4.78 is 29.0. The van der Waals surface area contributed by atoms with Crippen LogP contribution < -0.4 is 14.9 Å². The van der Waals surface area contributed by atoms with Crippen molar-refractivity contribution in [1.82, 2.24) is 24.2 Å². The number of sulfonamides is 1. The van der Waals surface area contributed by atoms with Crippen molar-refractivity contribution in [2.75, 3.05) is 37.4 Å². The molecule has 2 aromatic rings. The second-order valence-corrected chi connectivity index (χ2v) is 8.33. The van der Waals surface area contributed by atoms with Gasteiger partial charge in [0.05, 0.1) is 0 Å². The minimum atomic E-state index is -3.65. The second-order valence-electron chi connectivity index (χ2n) is 6.61. The molecule has 0 spiro atoms. The number of hydrogen-bond donors (Lipinski definition) is 2. The molecule has 26 heavy (non-hydrogen) atoms. The zero-order valence-electron chi connectivity index (χ0n) is 16.1. The molecule has 9 nitrogen and oxygen atoms in total. The molecule has 0 saturated carbocycles. The van der Waals surface area contributed by atoms with Gasteiger partial charge in [-0.2, -0.15) is 4.98 Å². The number of nitrogens with one attached hydrogen (secondary N) is 2. The molecule has 0 amide bonds. The third kappa shape index (κ3) is 4.92. The van der Waals surface area contributed by atoms with Gasteiger partial charge < -0.3 is 14.8 Å². The molecule has 2 rings (SSSR count). The van der Waals surface area contributed by atoms with E-state index < -0.39 is 10.0 Å². The number of hydrogen-bond acceptors (Lipinski definition) is 7. The highest BCUT2D eigenvalue weighted by Gasteiger charge is 2.20. The molecule has 0 aliphatic heterocycles. The van der Waals surface area contributed by atoms with E-state index in [0.717, 1.165) is 17.3 Å². The van der Waals surface area contributed by atoms with E-state index in [4.69, 9.17) is 0 Å². The minimum absolute atomic E-state index is 0.0328. The van der Waals surface area contributed by atoms with Crippen molar-refractivity contribution >= 4 is 21.8 Å². The summed E-state index contributed by atoms with van der Waals surface area (Å²) >= 11 is 0. The van der Waals surface area contributed by atoms with Gasteiger partial charge in [0.15, 0.2) is 5.03 Å². The van der Waals surface area contributed by atoms with Crippen LogP contribution in [0.2, 0.25) is 0 Å². The fraction of sp³-hybridized carbons (Fsp3) is 0.562. The quantitative estimate of drug-likeness (QED) is 0.660. The van der Waals surface area contributed by atoms with Crippen LogP contribution >= 0.6 is 0 Å². The predicted octanol–water partition coefficient (Wildman–Crippen LogP) is 1.10. The summed E-state index contributed by atoms with van der Waals surface area (Å²) in [6.07, 6.45) is 1.53. The van der Waals surface area contributed by atoms with Crippen molar-refractivity contribution < 1.29 is 8.42 Å². The first-order valence-electron chi connectivity index (χ1n) is 8.40. The third-order valence-corrected chi connectivity index (χ3v) is 5.01. The van der Waals surface area contributed by atoms with Crippen LogP contribution in [0, 0.1) is 6.92 Å². The second kappa shape index (κ2) is 8.00. The molecule has 0 radical (unpaired) electrons. The number of aryl methyl sites for hydroxylation is 2. The number of rotatable bonds is 8. The van der Waals surface area contributed by atoms with Gasteiger partial charge in [-0.1, -0.05) is 13.8 Å². The largest absolute Gasteiger partial charge is 0.363 e. The van der Waals surface area contributed by atoms with Crippen molar-refractivity contribution in [2.24, 2.45) is 7.05 Å². The number of aromatic nitrogens is 4. The normalized spacial score (nSPS) is 11.8. The summed E-state index contributed by atoms with van der Waals surface area (Å²) in [6.45, 7) is 6.39. The average Bonchev–Trinajstić information content (AvgIpc) is 2.94. The Labute approximate surface area is 154 Å². The monoisotopic (exact) mass is 381 g/mol. The van der Waals surface area contributed by atoms with Gasteiger partial charge in [0.1, 0.15) is 11.6 Å². The maximum Gasteiger partial charge on any atom is 0.259 e. The highest BCUT2D eigenvalue weighted by atomic mass is 32.2. The van der Waals surface area contributed by atoms with Crippen LogP contribution in [0.15, 0.2) is 17.3 Å². The molecule has 0 bridgehead atoms. The summed E-state index contributed by atoms with van der Waals surface area (Å²) in [5, 5.41) is 3.07. The standard InChI is InChI=1S/C16H27N7O2S/c1-11(2)15-21-14(10-23(15)6)26(24,25)18-8-7-17-16-19-12(3)9-13(20-16)22(4)5/h9-11,18H,7-8H2,1-6H3,(H,17,19,20). The number of nitrogens with zero attached hydrogens (tertiary/aromatic N) is 5. The van der Waals surface area contributed by atoms with E-state index in [-0.39, 0.29) is 17.5 Å².